The Morgan fingerprint density at radius 2 is 2.40 bits per heavy atom. The summed E-state index contributed by atoms with van der Waals surface area (Å²) in [4.78, 5) is 0. The largest absolute Gasteiger partial charge is 0.386 e. The minimum atomic E-state index is 0.771. The molecule has 0 amide bonds. The Bertz CT molecular complexity index is 133. The molecule has 56 valence electrons. The van der Waals surface area contributed by atoms with Gasteiger partial charge in [0, 0.05) is 24.9 Å². The van der Waals surface area contributed by atoms with Gasteiger partial charge >= 0.3 is 0 Å². The van der Waals surface area contributed by atoms with Crippen molar-refractivity contribution >= 4 is 6.21 Å². The Morgan fingerprint density at radius 3 is 3.20 bits per heavy atom. The molecule has 0 spiro atoms. The molecule has 0 unspecified atom stereocenters. The second-order valence-corrected chi connectivity index (χ2v) is 2.15. The van der Waals surface area contributed by atoms with Gasteiger partial charge in [-0.2, -0.15) is 0 Å². The molecule has 2 N–H and O–H groups in total. The van der Waals surface area contributed by atoms with Crippen LogP contribution < -0.4 is 5.32 Å². The van der Waals surface area contributed by atoms with Crippen molar-refractivity contribution in [3.05, 3.63) is 11.8 Å². The molecule has 0 aromatic carbocycles. The molecule has 1 heterocycles. The van der Waals surface area contributed by atoms with Crippen LogP contribution in [0.25, 0.3) is 0 Å². The SMILES string of the molecule is N=C/C=C1/CCOCCN1. The quantitative estimate of drug-likeness (QED) is 0.522. The fourth-order valence-electron chi connectivity index (χ4n) is 0.899. The van der Waals surface area contributed by atoms with Crippen LogP contribution in [0.3, 0.4) is 0 Å². The van der Waals surface area contributed by atoms with Crippen molar-refractivity contribution in [3.8, 4) is 0 Å². The summed E-state index contributed by atoms with van der Waals surface area (Å²) in [5, 5.41) is 10.00. The molecule has 0 bridgehead atoms. The normalized spacial score (nSPS) is 23.4. The highest BCUT2D eigenvalue weighted by Crippen LogP contribution is 1.99. The molecule has 0 saturated carbocycles. The zero-order valence-corrected chi connectivity index (χ0v) is 5.89. The van der Waals surface area contributed by atoms with Crippen LogP contribution in [-0.4, -0.2) is 26.0 Å². The van der Waals surface area contributed by atoms with Crippen molar-refractivity contribution < 1.29 is 4.74 Å². The van der Waals surface area contributed by atoms with E-state index in [4.69, 9.17) is 10.1 Å². The van der Waals surface area contributed by atoms with Gasteiger partial charge in [-0.3, -0.25) is 0 Å². The summed E-state index contributed by atoms with van der Waals surface area (Å²) < 4.78 is 5.19. The number of rotatable bonds is 1. The van der Waals surface area contributed by atoms with Crippen LogP contribution in [0.15, 0.2) is 11.8 Å². The van der Waals surface area contributed by atoms with E-state index in [2.05, 4.69) is 5.32 Å². The number of allylic oxidation sites excluding steroid dienone is 1. The van der Waals surface area contributed by atoms with E-state index >= 15 is 0 Å². The number of ether oxygens (including phenoxy) is 1. The Hall–Kier alpha value is -0.830. The van der Waals surface area contributed by atoms with Crippen LogP contribution in [0.4, 0.5) is 0 Å². The van der Waals surface area contributed by atoms with Gasteiger partial charge in [0.2, 0.25) is 0 Å². The van der Waals surface area contributed by atoms with E-state index in [0.717, 1.165) is 31.9 Å². The first kappa shape index (κ1) is 7.28. The summed E-state index contributed by atoms with van der Waals surface area (Å²) in [5.74, 6) is 0. The zero-order valence-electron chi connectivity index (χ0n) is 5.89. The highest BCUT2D eigenvalue weighted by Gasteiger charge is 2.00. The summed E-state index contributed by atoms with van der Waals surface area (Å²) in [6.07, 6.45) is 3.97. The van der Waals surface area contributed by atoms with Gasteiger partial charge < -0.3 is 15.5 Å². The van der Waals surface area contributed by atoms with E-state index in [1.807, 2.05) is 0 Å². The van der Waals surface area contributed by atoms with Crippen molar-refractivity contribution in [3.63, 3.8) is 0 Å². The minimum absolute atomic E-state index is 0.771. The van der Waals surface area contributed by atoms with Crippen LogP contribution in [0, 0.1) is 5.41 Å². The Labute approximate surface area is 60.6 Å². The first-order chi connectivity index (χ1) is 4.93. The average molecular weight is 140 g/mol. The maximum atomic E-state index is 6.83. The first-order valence-electron chi connectivity index (χ1n) is 3.45. The third-order valence-electron chi connectivity index (χ3n) is 1.40. The fourth-order valence-corrected chi connectivity index (χ4v) is 0.899. The second-order valence-electron chi connectivity index (χ2n) is 2.15. The Kier molecular flexibility index (Phi) is 2.96. The van der Waals surface area contributed by atoms with Crippen LogP contribution in [-0.2, 0) is 4.74 Å². The lowest BCUT2D eigenvalue weighted by Gasteiger charge is -2.01. The molecule has 1 aliphatic heterocycles. The third-order valence-corrected chi connectivity index (χ3v) is 1.40. The van der Waals surface area contributed by atoms with Gasteiger partial charge in [-0.25, -0.2) is 0 Å². The standard InChI is InChI=1S/C7H12N2O/c8-3-1-7-2-5-10-6-4-9-7/h1,3,8-9H,2,4-6H2/b7-1-,8-3?. The zero-order chi connectivity index (χ0) is 7.23. The molecule has 3 heteroatoms. The van der Waals surface area contributed by atoms with E-state index in [-0.39, 0.29) is 0 Å². The maximum Gasteiger partial charge on any atom is 0.0639 e. The summed E-state index contributed by atoms with van der Waals surface area (Å²) >= 11 is 0. The van der Waals surface area contributed by atoms with Crippen LogP contribution in [0.1, 0.15) is 6.42 Å². The molecule has 10 heavy (non-hydrogen) atoms. The molecule has 0 aliphatic carbocycles. The van der Waals surface area contributed by atoms with Gasteiger partial charge in [0.25, 0.3) is 0 Å². The van der Waals surface area contributed by atoms with Crippen molar-refractivity contribution in [2.24, 2.45) is 0 Å². The summed E-state index contributed by atoms with van der Waals surface area (Å²) in [6, 6.07) is 0. The predicted molar refractivity (Wildman–Crippen MR) is 40.3 cm³/mol. The summed E-state index contributed by atoms with van der Waals surface area (Å²) in [6.45, 7) is 2.40. The van der Waals surface area contributed by atoms with Crippen LogP contribution in [0.2, 0.25) is 0 Å². The molecule has 3 nitrogen and oxygen atoms in total. The number of hydrogen-bond acceptors (Lipinski definition) is 3. The topological polar surface area (TPSA) is 45.1 Å². The highest BCUT2D eigenvalue weighted by atomic mass is 16.5. The van der Waals surface area contributed by atoms with Gasteiger partial charge in [-0.1, -0.05) is 0 Å². The molecular formula is C7H12N2O. The fraction of sp³-hybridized carbons (Fsp3) is 0.571. The molecule has 0 atom stereocenters. The van der Waals surface area contributed by atoms with E-state index in [1.54, 1.807) is 6.08 Å². The smallest absolute Gasteiger partial charge is 0.0639 e. The molecule has 1 rings (SSSR count). The lowest BCUT2D eigenvalue weighted by atomic mass is 10.3. The maximum absolute atomic E-state index is 6.83. The van der Waals surface area contributed by atoms with Crippen LogP contribution >= 0.6 is 0 Å². The highest BCUT2D eigenvalue weighted by molar-refractivity contribution is 5.68. The summed E-state index contributed by atoms with van der Waals surface area (Å²) in [7, 11) is 0. The van der Waals surface area contributed by atoms with E-state index in [1.165, 1.54) is 6.21 Å². The predicted octanol–water partition coefficient (Wildman–Crippen LogP) is 0.530. The van der Waals surface area contributed by atoms with Crippen molar-refractivity contribution in [1.82, 2.24) is 5.32 Å². The molecule has 1 fully saturated rings. The van der Waals surface area contributed by atoms with Gasteiger partial charge in [-0.15, -0.1) is 0 Å². The Balaban J connectivity index is 2.42. The first-order valence-corrected chi connectivity index (χ1v) is 3.45. The van der Waals surface area contributed by atoms with Crippen LogP contribution in [0.5, 0.6) is 0 Å². The molecule has 0 aromatic heterocycles. The third kappa shape index (κ3) is 2.19. The van der Waals surface area contributed by atoms with Gasteiger partial charge in [-0.05, 0) is 6.08 Å². The molecule has 1 saturated heterocycles. The number of hydrogen-bond donors (Lipinski definition) is 2. The molecule has 0 radical (unpaired) electrons. The van der Waals surface area contributed by atoms with Gasteiger partial charge in [0.1, 0.15) is 0 Å². The van der Waals surface area contributed by atoms with Crippen molar-refractivity contribution in [2.45, 2.75) is 6.42 Å². The van der Waals surface area contributed by atoms with Crippen molar-refractivity contribution in [2.75, 3.05) is 19.8 Å². The lowest BCUT2D eigenvalue weighted by Crippen LogP contribution is -2.14. The second kappa shape index (κ2) is 4.06. The van der Waals surface area contributed by atoms with Crippen molar-refractivity contribution in [1.29, 1.82) is 5.41 Å². The van der Waals surface area contributed by atoms with Gasteiger partial charge in [0.15, 0.2) is 0 Å². The van der Waals surface area contributed by atoms with E-state index < -0.39 is 0 Å². The average Bonchev–Trinajstić information content (AvgIpc) is 2.17. The van der Waals surface area contributed by atoms with Gasteiger partial charge in [0.05, 0.1) is 13.2 Å². The lowest BCUT2D eigenvalue weighted by molar-refractivity contribution is 0.152. The monoisotopic (exact) mass is 140 g/mol. The molecule has 0 aromatic rings. The van der Waals surface area contributed by atoms with E-state index in [9.17, 15) is 0 Å². The van der Waals surface area contributed by atoms with E-state index in [0.29, 0.717) is 0 Å². The minimum Gasteiger partial charge on any atom is -0.386 e. The molecule has 1 aliphatic rings. The molecular weight excluding hydrogens is 128 g/mol. The summed E-state index contributed by atoms with van der Waals surface area (Å²) in [5.41, 5.74) is 1.10. The Morgan fingerprint density at radius 1 is 1.50 bits per heavy atom. The number of nitrogens with one attached hydrogen (secondary N) is 2.